The largest absolute Gasteiger partial charge is 0.489 e. The fourth-order valence-corrected chi connectivity index (χ4v) is 2.07. The van der Waals surface area contributed by atoms with Crippen LogP contribution in [0, 0.1) is 11.3 Å². The van der Waals surface area contributed by atoms with Gasteiger partial charge < -0.3 is 9.47 Å². The zero-order chi connectivity index (χ0) is 15.9. The van der Waals surface area contributed by atoms with Crippen molar-refractivity contribution in [2.75, 3.05) is 0 Å². The Morgan fingerprint density at radius 3 is 1.96 bits per heavy atom. The average Bonchev–Trinajstić information content (AvgIpc) is 2.62. The molecular weight excluding hydrogens is 286 g/mol. The van der Waals surface area contributed by atoms with Crippen LogP contribution in [0.2, 0.25) is 0 Å². The monoisotopic (exact) mass is 301 g/mol. The van der Waals surface area contributed by atoms with E-state index in [9.17, 15) is 0 Å². The van der Waals surface area contributed by atoms with Gasteiger partial charge in [0.1, 0.15) is 23.9 Å². The minimum Gasteiger partial charge on any atom is -0.489 e. The lowest BCUT2D eigenvalue weighted by molar-refractivity contribution is 0.306. The molecule has 0 aliphatic rings. The van der Waals surface area contributed by atoms with Crippen LogP contribution in [0.4, 0.5) is 0 Å². The van der Waals surface area contributed by atoms with Crippen LogP contribution >= 0.6 is 0 Å². The highest BCUT2D eigenvalue weighted by Gasteiger charge is 2.00. The first-order chi connectivity index (χ1) is 11.3. The Kier molecular flexibility index (Phi) is 4.56. The normalized spacial score (nSPS) is 9.87. The summed E-state index contributed by atoms with van der Waals surface area (Å²) < 4.78 is 11.5. The van der Waals surface area contributed by atoms with E-state index in [4.69, 9.17) is 14.7 Å². The molecule has 0 saturated heterocycles. The van der Waals surface area contributed by atoms with E-state index in [1.165, 1.54) is 0 Å². The van der Waals surface area contributed by atoms with Gasteiger partial charge >= 0.3 is 0 Å². The zero-order valence-corrected chi connectivity index (χ0v) is 12.5. The molecule has 0 saturated carbocycles. The number of para-hydroxylation sites is 1. The molecule has 23 heavy (non-hydrogen) atoms. The topological polar surface area (TPSA) is 42.2 Å². The first kappa shape index (κ1) is 14.7. The van der Waals surface area contributed by atoms with Gasteiger partial charge in [0.25, 0.3) is 0 Å². The molecule has 0 amide bonds. The van der Waals surface area contributed by atoms with Crippen LogP contribution in [-0.2, 0) is 6.61 Å². The van der Waals surface area contributed by atoms with Crippen molar-refractivity contribution >= 4 is 0 Å². The molecule has 0 unspecified atom stereocenters. The van der Waals surface area contributed by atoms with Crippen LogP contribution in [-0.4, -0.2) is 0 Å². The standard InChI is InChI=1S/C20H15NO2/c21-14-16-6-8-17(9-7-16)15-22-18-10-12-20(13-11-18)23-19-4-2-1-3-5-19/h1-13H,15H2. The van der Waals surface area contributed by atoms with Crippen molar-refractivity contribution in [2.45, 2.75) is 6.61 Å². The first-order valence-electron chi connectivity index (χ1n) is 7.28. The van der Waals surface area contributed by atoms with Crippen LogP contribution < -0.4 is 9.47 Å². The first-order valence-corrected chi connectivity index (χ1v) is 7.28. The molecule has 0 aromatic heterocycles. The molecule has 0 radical (unpaired) electrons. The minimum absolute atomic E-state index is 0.463. The number of nitriles is 1. The Morgan fingerprint density at radius 2 is 1.30 bits per heavy atom. The molecule has 3 aromatic rings. The van der Waals surface area contributed by atoms with Gasteiger partial charge in [-0.2, -0.15) is 5.26 Å². The Hall–Kier alpha value is -3.25. The summed E-state index contributed by atoms with van der Waals surface area (Å²) in [6.45, 7) is 0.463. The van der Waals surface area contributed by atoms with E-state index >= 15 is 0 Å². The van der Waals surface area contributed by atoms with Crippen molar-refractivity contribution in [1.82, 2.24) is 0 Å². The molecule has 3 nitrogen and oxygen atoms in total. The third kappa shape index (κ3) is 4.12. The van der Waals surface area contributed by atoms with Gasteiger partial charge in [-0.25, -0.2) is 0 Å². The lowest BCUT2D eigenvalue weighted by atomic mass is 10.2. The Balaban J connectivity index is 1.58. The minimum atomic E-state index is 0.463. The van der Waals surface area contributed by atoms with E-state index in [1.807, 2.05) is 66.7 Å². The molecule has 0 aliphatic heterocycles. The molecule has 0 fully saturated rings. The van der Waals surface area contributed by atoms with E-state index in [1.54, 1.807) is 12.1 Å². The maximum atomic E-state index is 8.78. The van der Waals surface area contributed by atoms with Crippen molar-refractivity contribution < 1.29 is 9.47 Å². The third-order valence-electron chi connectivity index (χ3n) is 3.29. The average molecular weight is 301 g/mol. The van der Waals surface area contributed by atoms with Crippen molar-refractivity contribution in [2.24, 2.45) is 0 Å². The van der Waals surface area contributed by atoms with Gasteiger partial charge in [0.05, 0.1) is 11.6 Å². The van der Waals surface area contributed by atoms with E-state index < -0.39 is 0 Å². The summed E-state index contributed by atoms with van der Waals surface area (Å²) in [5.74, 6) is 2.34. The maximum absolute atomic E-state index is 8.78. The van der Waals surface area contributed by atoms with Crippen LogP contribution in [0.5, 0.6) is 17.2 Å². The van der Waals surface area contributed by atoms with Crippen LogP contribution in [0.3, 0.4) is 0 Å². The molecule has 0 aliphatic carbocycles. The predicted molar refractivity (Wildman–Crippen MR) is 88.4 cm³/mol. The molecule has 0 atom stereocenters. The molecule has 3 rings (SSSR count). The van der Waals surface area contributed by atoms with Gasteiger partial charge in [-0.15, -0.1) is 0 Å². The van der Waals surface area contributed by atoms with E-state index in [-0.39, 0.29) is 0 Å². The Bertz CT molecular complexity index is 788. The van der Waals surface area contributed by atoms with Gasteiger partial charge in [0.2, 0.25) is 0 Å². The fraction of sp³-hybridized carbons (Fsp3) is 0.0500. The summed E-state index contributed by atoms with van der Waals surface area (Å²) in [5.41, 5.74) is 1.67. The Labute approximate surface area is 135 Å². The number of nitrogens with zero attached hydrogens (tertiary/aromatic N) is 1. The molecule has 0 N–H and O–H groups in total. The number of rotatable bonds is 5. The number of hydrogen-bond donors (Lipinski definition) is 0. The smallest absolute Gasteiger partial charge is 0.127 e. The number of hydrogen-bond acceptors (Lipinski definition) is 3. The summed E-state index contributed by atoms with van der Waals surface area (Å²) in [6, 6.07) is 26.6. The molecule has 112 valence electrons. The van der Waals surface area contributed by atoms with Gasteiger partial charge in [0, 0.05) is 0 Å². The van der Waals surface area contributed by atoms with Crippen LogP contribution in [0.1, 0.15) is 11.1 Å². The summed E-state index contributed by atoms with van der Waals surface area (Å²) >= 11 is 0. The third-order valence-corrected chi connectivity index (χ3v) is 3.29. The molecule has 3 aromatic carbocycles. The highest BCUT2D eigenvalue weighted by molar-refractivity contribution is 5.36. The lowest BCUT2D eigenvalue weighted by Crippen LogP contribution is -1.95. The number of benzene rings is 3. The molecule has 0 spiro atoms. The fourth-order valence-electron chi connectivity index (χ4n) is 2.07. The van der Waals surface area contributed by atoms with Gasteiger partial charge in [0.15, 0.2) is 0 Å². The number of ether oxygens (including phenoxy) is 2. The Morgan fingerprint density at radius 1 is 0.696 bits per heavy atom. The van der Waals surface area contributed by atoms with E-state index in [0.717, 1.165) is 22.8 Å². The molecular formula is C20H15NO2. The molecule has 0 bridgehead atoms. The zero-order valence-electron chi connectivity index (χ0n) is 12.5. The van der Waals surface area contributed by atoms with Crippen molar-refractivity contribution in [3.63, 3.8) is 0 Å². The van der Waals surface area contributed by atoms with Gasteiger partial charge in [-0.05, 0) is 54.1 Å². The SMILES string of the molecule is N#Cc1ccc(COc2ccc(Oc3ccccc3)cc2)cc1. The second kappa shape index (κ2) is 7.15. The van der Waals surface area contributed by atoms with Crippen molar-refractivity contribution in [1.29, 1.82) is 5.26 Å². The van der Waals surface area contributed by atoms with Crippen molar-refractivity contribution in [3.8, 4) is 23.3 Å². The van der Waals surface area contributed by atoms with Crippen molar-refractivity contribution in [3.05, 3.63) is 90.0 Å². The quantitative estimate of drug-likeness (QED) is 0.671. The van der Waals surface area contributed by atoms with E-state index in [0.29, 0.717) is 12.2 Å². The lowest BCUT2D eigenvalue weighted by Gasteiger charge is -2.08. The highest BCUT2D eigenvalue weighted by atomic mass is 16.5. The second-order valence-electron chi connectivity index (χ2n) is 4.98. The predicted octanol–water partition coefficient (Wildman–Crippen LogP) is 4.93. The van der Waals surface area contributed by atoms with Crippen LogP contribution in [0.25, 0.3) is 0 Å². The summed E-state index contributed by atoms with van der Waals surface area (Å²) in [7, 11) is 0. The van der Waals surface area contributed by atoms with Gasteiger partial charge in [-0.3, -0.25) is 0 Å². The summed E-state index contributed by atoms with van der Waals surface area (Å²) in [5, 5.41) is 8.78. The second-order valence-corrected chi connectivity index (χ2v) is 4.98. The molecule has 0 heterocycles. The summed E-state index contributed by atoms with van der Waals surface area (Å²) in [4.78, 5) is 0. The van der Waals surface area contributed by atoms with Gasteiger partial charge in [-0.1, -0.05) is 30.3 Å². The molecule has 3 heteroatoms. The van der Waals surface area contributed by atoms with Crippen LogP contribution in [0.15, 0.2) is 78.9 Å². The highest BCUT2D eigenvalue weighted by Crippen LogP contribution is 2.23. The van der Waals surface area contributed by atoms with E-state index in [2.05, 4.69) is 6.07 Å². The summed E-state index contributed by atoms with van der Waals surface area (Å²) in [6.07, 6.45) is 0. The maximum Gasteiger partial charge on any atom is 0.127 e.